The molecule has 112 valence electrons. The van der Waals surface area contributed by atoms with Crippen molar-refractivity contribution in [2.24, 2.45) is 17.6 Å². The van der Waals surface area contributed by atoms with Crippen LogP contribution in [-0.2, 0) is 14.6 Å². The predicted octanol–water partition coefficient (Wildman–Crippen LogP) is 0.554. The van der Waals surface area contributed by atoms with Gasteiger partial charge in [-0.2, -0.15) is 11.8 Å². The van der Waals surface area contributed by atoms with E-state index in [2.05, 4.69) is 0 Å². The average Bonchev–Trinajstić information content (AvgIpc) is 2.39. The van der Waals surface area contributed by atoms with Crippen molar-refractivity contribution >= 4 is 27.5 Å². The first-order chi connectivity index (χ1) is 8.85. The number of nitrogens with two attached hydrogens (primary N) is 1. The summed E-state index contributed by atoms with van der Waals surface area (Å²) in [6.45, 7) is 6.27. The second-order valence-corrected chi connectivity index (χ2v) is 8.70. The Balaban J connectivity index is 2.97. The van der Waals surface area contributed by atoms with Crippen LogP contribution < -0.4 is 5.73 Å². The second-order valence-electron chi connectivity index (χ2n) is 5.10. The summed E-state index contributed by atoms with van der Waals surface area (Å²) in [4.78, 5) is 14.1. The van der Waals surface area contributed by atoms with E-state index in [0.29, 0.717) is 12.3 Å². The van der Waals surface area contributed by atoms with Crippen molar-refractivity contribution in [1.29, 1.82) is 0 Å². The van der Waals surface area contributed by atoms with Crippen LogP contribution in [0.4, 0.5) is 0 Å². The van der Waals surface area contributed by atoms with Gasteiger partial charge in [0.15, 0.2) is 9.84 Å². The molecule has 0 aromatic heterocycles. The SMILES string of the molecule is CCS(=O)(=O)C1CSCCN1C(=O)C(CN)C(C)C. The zero-order chi connectivity index (χ0) is 14.6. The van der Waals surface area contributed by atoms with Crippen LogP contribution >= 0.6 is 11.8 Å². The van der Waals surface area contributed by atoms with Crippen LogP contribution in [0.5, 0.6) is 0 Å². The molecular formula is C12H24N2O3S2. The quantitative estimate of drug-likeness (QED) is 0.802. The van der Waals surface area contributed by atoms with Crippen LogP contribution in [0, 0.1) is 11.8 Å². The van der Waals surface area contributed by atoms with E-state index in [0.717, 1.165) is 5.75 Å². The Bertz CT molecular complexity index is 409. The van der Waals surface area contributed by atoms with Crippen molar-refractivity contribution in [2.75, 3.05) is 30.3 Å². The summed E-state index contributed by atoms with van der Waals surface area (Å²) in [5.74, 6) is 1.04. The largest absolute Gasteiger partial charge is 0.330 e. The van der Waals surface area contributed by atoms with Crippen molar-refractivity contribution < 1.29 is 13.2 Å². The number of carbonyl (C=O) groups excluding carboxylic acids is 1. The van der Waals surface area contributed by atoms with E-state index < -0.39 is 15.2 Å². The first kappa shape index (κ1) is 16.8. The lowest BCUT2D eigenvalue weighted by molar-refractivity contribution is -0.137. The fourth-order valence-electron chi connectivity index (χ4n) is 2.19. The highest BCUT2D eigenvalue weighted by Crippen LogP contribution is 2.24. The average molecular weight is 308 g/mol. The molecule has 0 aromatic carbocycles. The number of carbonyl (C=O) groups is 1. The number of thioether (sulfide) groups is 1. The molecule has 2 atom stereocenters. The number of hydrogen-bond donors (Lipinski definition) is 1. The first-order valence-corrected chi connectivity index (χ1v) is 9.52. The van der Waals surface area contributed by atoms with Gasteiger partial charge in [-0.15, -0.1) is 0 Å². The lowest BCUT2D eigenvalue weighted by atomic mass is 9.94. The van der Waals surface area contributed by atoms with E-state index in [-0.39, 0.29) is 30.0 Å². The molecule has 1 aliphatic rings. The van der Waals surface area contributed by atoms with Crippen molar-refractivity contribution in [3.8, 4) is 0 Å². The Kier molecular flexibility index (Phi) is 6.14. The van der Waals surface area contributed by atoms with Crippen LogP contribution in [0.15, 0.2) is 0 Å². The smallest absolute Gasteiger partial charge is 0.228 e. The van der Waals surface area contributed by atoms with Crippen molar-refractivity contribution in [2.45, 2.75) is 26.1 Å². The monoisotopic (exact) mass is 308 g/mol. The molecule has 0 spiro atoms. The molecule has 0 bridgehead atoms. The molecule has 1 saturated heterocycles. The lowest BCUT2D eigenvalue weighted by Gasteiger charge is -2.37. The minimum Gasteiger partial charge on any atom is -0.330 e. The zero-order valence-electron chi connectivity index (χ0n) is 11.8. The Morgan fingerprint density at radius 1 is 1.47 bits per heavy atom. The number of nitrogens with zero attached hydrogens (tertiary/aromatic N) is 1. The molecule has 7 heteroatoms. The predicted molar refractivity (Wildman–Crippen MR) is 79.7 cm³/mol. The normalized spacial score (nSPS) is 22.6. The fraction of sp³-hybridized carbons (Fsp3) is 0.917. The maximum Gasteiger partial charge on any atom is 0.228 e. The Labute approximate surface area is 120 Å². The molecule has 2 unspecified atom stereocenters. The topological polar surface area (TPSA) is 80.5 Å². The first-order valence-electron chi connectivity index (χ1n) is 6.65. The van der Waals surface area contributed by atoms with Gasteiger partial charge in [0.05, 0.1) is 5.92 Å². The summed E-state index contributed by atoms with van der Waals surface area (Å²) in [5.41, 5.74) is 5.67. The van der Waals surface area contributed by atoms with Crippen LogP contribution in [-0.4, -0.2) is 54.9 Å². The van der Waals surface area contributed by atoms with E-state index in [1.165, 1.54) is 4.90 Å². The molecule has 1 aliphatic heterocycles. The highest BCUT2D eigenvalue weighted by Gasteiger charge is 2.38. The molecule has 1 heterocycles. The standard InChI is InChI=1S/C12H24N2O3S2/c1-4-19(16,17)11-8-18-6-5-14(11)12(15)10(7-13)9(2)3/h9-11H,4-8,13H2,1-3H3. The lowest BCUT2D eigenvalue weighted by Crippen LogP contribution is -2.54. The Morgan fingerprint density at radius 2 is 2.11 bits per heavy atom. The van der Waals surface area contributed by atoms with Gasteiger partial charge in [0, 0.05) is 30.3 Å². The summed E-state index contributed by atoms with van der Waals surface area (Å²) >= 11 is 1.59. The maximum atomic E-state index is 12.5. The van der Waals surface area contributed by atoms with E-state index in [4.69, 9.17) is 5.73 Å². The molecule has 1 fully saturated rings. The Hall–Kier alpha value is -0.270. The van der Waals surface area contributed by atoms with Crippen LogP contribution in [0.25, 0.3) is 0 Å². The van der Waals surface area contributed by atoms with E-state index in [1.54, 1.807) is 18.7 Å². The molecule has 5 nitrogen and oxygen atoms in total. The van der Waals surface area contributed by atoms with Gasteiger partial charge in [-0.05, 0) is 5.92 Å². The van der Waals surface area contributed by atoms with Crippen LogP contribution in [0.3, 0.4) is 0 Å². The van der Waals surface area contributed by atoms with Crippen molar-refractivity contribution in [3.63, 3.8) is 0 Å². The molecule has 19 heavy (non-hydrogen) atoms. The summed E-state index contributed by atoms with van der Waals surface area (Å²) in [5, 5.41) is -0.684. The van der Waals surface area contributed by atoms with Gasteiger partial charge in [-0.25, -0.2) is 8.42 Å². The second kappa shape index (κ2) is 6.95. The zero-order valence-corrected chi connectivity index (χ0v) is 13.5. The van der Waals surface area contributed by atoms with Gasteiger partial charge < -0.3 is 10.6 Å². The number of sulfone groups is 1. The van der Waals surface area contributed by atoms with Gasteiger partial charge in [-0.3, -0.25) is 4.79 Å². The molecule has 2 N–H and O–H groups in total. The van der Waals surface area contributed by atoms with Gasteiger partial charge in [0.1, 0.15) is 5.37 Å². The van der Waals surface area contributed by atoms with Gasteiger partial charge in [0.2, 0.25) is 5.91 Å². The minimum atomic E-state index is -3.24. The van der Waals surface area contributed by atoms with Crippen LogP contribution in [0.1, 0.15) is 20.8 Å². The molecule has 0 aliphatic carbocycles. The molecule has 1 rings (SSSR count). The van der Waals surface area contributed by atoms with Crippen LogP contribution in [0.2, 0.25) is 0 Å². The molecular weight excluding hydrogens is 284 g/mol. The highest BCUT2D eigenvalue weighted by atomic mass is 32.2. The summed E-state index contributed by atoms with van der Waals surface area (Å²) < 4.78 is 24.2. The fourth-order valence-corrected chi connectivity index (χ4v) is 5.17. The Morgan fingerprint density at radius 3 is 2.58 bits per heavy atom. The van der Waals surface area contributed by atoms with Crippen molar-refractivity contribution in [3.05, 3.63) is 0 Å². The summed E-state index contributed by atoms with van der Waals surface area (Å²) in [6.07, 6.45) is 0. The third kappa shape index (κ3) is 3.86. The summed E-state index contributed by atoms with van der Waals surface area (Å²) in [6, 6.07) is 0. The third-order valence-corrected chi connectivity index (χ3v) is 6.85. The number of rotatable bonds is 5. The van der Waals surface area contributed by atoms with E-state index in [1.807, 2.05) is 13.8 Å². The molecule has 0 radical (unpaired) electrons. The van der Waals surface area contributed by atoms with Gasteiger partial charge >= 0.3 is 0 Å². The van der Waals surface area contributed by atoms with E-state index in [9.17, 15) is 13.2 Å². The van der Waals surface area contributed by atoms with Gasteiger partial charge in [0.25, 0.3) is 0 Å². The minimum absolute atomic E-state index is 0.0664. The number of hydrogen-bond acceptors (Lipinski definition) is 5. The summed E-state index contributed by atoms with van der Waals surface area (Å²) in [7, 11) is -3.24. The van der Waals surface area contributed by atoms with Crippen molar-refractivity contribution in [1.82, 2.24) is 4.90 Å². The molecule has 0 saturated carbocycles. The number of amides is 1. The molecule has 0 aromatic rings. The van der Waals surface area contributed by atoms with Gasteiger partial charge in [-0.1, -0.05) is 20.8 Å². The van der Waals surface area contributed by atoms with E-state index >= 15 is 0 Å². The highest BCUT2D eigenvalue weighted by molar-refractivity contribution is 8.01. The molecule has 1 amide bonds. The maximum absolute atomic E-state index is 12.5. The third-order valence-electron chi connectivity index (χ3n) is 3.56.